The molecule has 0 bridgehead atoms. The molecule has 0 saturated carbocycles. The minimum absolute atomic E-state index is 0.118. The summed E-state index contributed by atoms with van der Waals surface area (Å²) >= 11 is 0. The van der Waals surface area contributed by atoms with Crippen LogP contribution >= 0.6 is 0 Å². The van der Waals surface area contributed by atoms with E-state index in [-0.39, 0.29) is 5.91 Å². The van der Waals surface area contributed by atoms with E-state index in [1.54, 1.807) is 12.4 Å². The van der Waals surface area contributed by atoms with Crippen molar-refractivity contribution in [3.05, 3.63) is 30.1 Å². The van der Waals surface area contributed by atoms with Gasteiger partial charge in [0.2, 0.25) is 5.91 Å². The van der Waals surface area contributed by atoms with Crippen LogP contribution in [0.1, 0.15) is 18.4 Å². The van der Waals surface area contributed by atoms with Crippen molar-refractivity contribution in [1.29, 1.82) is 0 Å². The number of pyridine rings is 1. The highest BCUT2D eigenvalue weighted by atomic mass is 16.1. The van der Waals surface area contributed by atoms with E-state index in [0.29, 0.717) is 6.42 Å². The first-order valence-corrected chi connectivity index (χ1v) is 5.99. The Morgan fingerprint density at radius 2 is 2.29 bits per heavy atom. The zero-order chi connectivity index (χ0) is 12.5. The number of hydrogen-bond acceptors (Lipinski definition) is 3. The van der Waals surface area contributed by atoms with Crippen molar-refractivity contribution in [2.45, 2.75) is 19.3 Å². The van der Waals surface area contributed by atoms with Crippen LogP contribution in [0.4, 0.5) is 0 Å². The Morgan fingerprint density at radius 3 is 2.94 bits per heavy atom. The number of carbonyl (C=O) groups excluding carboxylic acids is 1. The topological polar surface area (TPSA) is 45.2 Å². The molecule has 94 valence electrons. The highest BCUT2D eigenvalue weighted by Crippen LogP contribution is 1.99. The zero-order valence-corrected chi connectivity index (χ0v) is 10.6. The highest BCUT2D eigenvalue weighted by molar-refractivity contribution is 5.76. The number of rotatable bonds is 7. The van der Waals surface area contributed by atoms with E-state index in [1.807, 2.05) is 26.2 Å². The predicted octanol–water partition coefficient (Wildman–Crippen LogP) is 1.08. The molecular formula is C13H21N3O. The molecule has 0 radical (unpaired) electrons. The normalized spacial score (nSPS) is 10.5. The van der Waals surface area contributed by atoms with Gasteiger partial charge in [0.05, 0.1) is 0 Å². The fourth-order valence-electron chi connectivity index (χ4n) is 1.52. The van der Waals surface area contributed by atoms with Crippen LogP contribution in [0.25, 0.3) is 0 Å². The lowest BCUT2D eigenvalue weighted by Crippen LogP contribution is -2.27. The minimum atomic E-state index is 0.118. The second kappa shape index (κ2) is 7.79. The molecule has 1 heterocycles. The molecule has 0 aliphatic heterocycles. The van der Waals surface area contributed by atoms with Crippen LogP contribution in [-0.2, 0) is 11.2 Å². The first-order valence-electron chi connectivity index (χ1n) is 5.99. The minimum Gasteiger partial charge on any atom is -0.356 e. The number of amides is 1. The lowest BCUT2D eigenvalue weighted by Gasteiger charge is -2.09. The molecule has 1 aromatic heterocycles. The van der Waals surface area contributed by atoms with E-state index in [2.05, 4.69) is 15.2 Å². The van der Waals surface area contributed by atoms with Crippen molar-refractivity contribution in [3.8, 4) is 0 Å². The van der Waals surface area contributed by atoms with E-state index in [1.165, 1.54) is 0 Å². The third kappa shape index (κ3) is 6.68. The summed E-state index contributed by atoms with van der Waals surface area (Å²) in [4.78, 5) is 17.6. The predicted molar refractivity (Wildman–Crippen MR) is 68.7 cm³/mol. The summed E-state index contributed by atoms with van der Waals surface area (Å²) in [6, 6.07) is 3.89. The van der Waals surface area contributed by atoms with Gasteiger partial charge in [-0.2, -0.15) is 0 Å². The molecule has 1 rings (SSSR count). The second-order valence-electron chi connectivity index (χ2n) is 4.37. The van der Waals surface area contributed by atoms with Crippen LogP contribution < -0.4 is 5.32 Å². The van der Waals surface area contributed by atoms with Gasteiger partial charge >= 0.3 is 0 Å². The average molecular weight is 235 g/mol. The van der Waals surface area contributed by atoms with Crippen molar-refractivity contribution in [2.24, 2.45) is 0 Å². The Bertz CT molecular complexity index is 325. The summed E-state index contributed by atoms with van der Waals surface area (Å²) in [5.74, 6) is 0.118. The molecule has 0 aliphatic carbocycles. The van der Waals surface area contributed by atoms with Gasteiger partial charge in [-0.25, -0.2) is 0 Å². The first-order chi connectivity index (χ1) is 8.18. The summed E-state index contributed by atoms with van der Waals surface area (Å²) < 4.78 is 0. The Morgan fingerprint density at radius 1 is 1.47 bits per heavy atom. The van der Waals surface area contributed by atoms with E-state index in [4.69, 9.17) is 0 Å². The van der Waals surface area contributed by atoms with Gasteiger partial charge in [0.1, 0.15) is 0 Å². The number of nitrogens with zero attached hydrogens (tertiary/aromatic N) is 2. The smallest absolute Gasteiger partial charge is 0.220 e. The Labute approximate surface area is 103 Å². The van der Waals surface area contributed by atoms with Crippen LogP contribution in [0.5, 0.6) is 0 Å². The van der Waals surface area contributed by atoms with Crippen molar-refractivity contribution in [3.63, 3.8) is 0 Å². The zero-order valence-electron chi connectivity index (χ0n) is 10.6. The van der Waals surface area contributed by atoms with Gasteiger partial charge in [0.15, 0.2) is 0 Å². The van der Waals surface area contributed by atoms with Gasteiger partial charge in [0.25, 0.3) is 0 Å². The summed E-state index contributed by atoms with van der Waals surface area (Å²) in [7, 11) is 4.06. The fourth-order valence-corrected chi connectivity index (χ4v) is 1.52. The number of aryl methyl sites for hydroxylation is 1. The monoisotopic (exact) mass is 235 g/mol. The van der Waals surface area contributed by atoms with Crippen molar-refractivity contribution >= 4 is 5.91 Å². The number of carbonyl (C=O) groups is 1. The van der Waals surface area contributed by atoms with E-state index in [9.17, 15) is 4.79 Å². The molecule has 1 aromatic rings. The summed E-state index contributed by atoms with van der Waals surface area (Å²) in [6.07, 6.45) is 5.83. The molecule has 0 fully saturated rings. The largest absolute Gasteiger partial charge is 0.356 e. The Hall–Kier alpha value is -1.42. The SMILES string of the molecule is CN(C)CCCNC(=O)CCc1cccnc1. The van der Waals surface area contributed by atoms with Crippen LogP contribution in [-0.4, -0.2) is 43.0 Å². The second-order valence-corrected chi connectivity index (χ2v) is 4.37. The maximum Gasteiger partial charge on any atom is 0.220 e. The third-order valence-electron chi connectivity index (χ3n) is 2.47. The van der Waals surface area contributed by atoms with Gasteiger partial charge in [-0.1, -0.05) is 6.07 Å². The van der Waals surface area contributed by atoms with Crippen LogP contribution in [0.2, 0.25) is 0 Å². The van der Waals surface area contributed by atoms with Gasteiger partial charge in [-0.3, -0.25) is 9.78 Å². The van der Waals surface area contributed by atoms with Crippen LogP contribution in [0.3, 0.4) is 0 Å². The summed E-state index contributed by atoms with van der Waals surface area (Å²) in [6.45, 7) is 1.76. The van der Waals surface area contributed by atoms with Gasteiger partial charge < -0.3 is 10.2 Å². The maximum absolute atomic E-state index is 11.5. The molecule has 0 atom stereocenters. The number of aromatic nitrogens is 1. The summed E-state index contributed by atoms with van der Waals surface area (Å²) in [5.41, 5.74) is 1.11. The molecule has 17 heavy (non-hydrogen) atoms. The highest BCUT2D eigenvalue weighted by Gasteiger charge is 2.01. The van der Waals surface area contributed by atoms with Crippen molar-refractivity contribution in [2.75, 3.05) is 27.2 Å². The van der Waals surface area contributed by atoms with Gasteiger partial charge in [-0.15, -0.1) is 0 Å². The summed E-state index contributed by atoms with van der Waals surface area (Å²) in [5, 5.41) is 2.92. The molecule has 0 saturated heterocycles. The molecule has 0 aromatic carbocycles. The molecule has 0 unspecified atom stereocenters. The average Bonchev–Trinajstić information content (AvgIpc) is 2.33. The van der Waals surface area contributed by atoms with Gasteiger partial charge in [-0.05, 0) is 45.1 Å². The third-order valence-corrected chi connectivity index (χ3v) is 2.47. The van der Waals surface area contributed by atoms with Crippen molar-refractivity contribution < 1.29 is 4.79 Å². The van der Waals surface area contributed by atoms with Crippen LogP contribution in [0.15, 0.2) is 24.5 Å². The molecule has 1 amide bonds. The number of nitrogens with one attached hydrogen (secondary N) is 1. The molecule has 0 spiro atoms. The quantitative estimate of drug-likeness (QED) is 0.719. The lowest BCUT2D eigenvalue weighted by molar-refractivity contribution is -0.121. The lowest BCUT2D eigenvalue weighted by atomic mass is 10.1. The molecular weight excluding hydrogens is 214 g/mol. The number of hydrogen-bond donors (Lipinski definition) is 1. The molecule has 4 heteroatoms. The molecule has 1 N–H and O–H groups in total. The van der Waals surface area contributed by atoms with Crippen LogP contribution in [0, 0.1) is 0 Å². The Balaban J connectivity index is 2.09. The first kappa shape index (κ1) is 13.6. The van der Waals surface area contributed by atoms with E-state index >= 15 is 0 Å². The van der Waals surface area contributed by atoms with E-state index < -0.39 is 0 Å². The standard InChI is InChI=1S/C13H21N3O/c1-16(2)10-4-9-15-13(17)7-6-12-5-3-8-14-11-12/h3,5,8,11H,4,6-7,9-10H2,1-2H3,(H,15,17). The fraction of sp³-hybridized carbons (Fsp3) is 0.538. The van der Waals surface area contributed by atoms with Crippen molar-refractivity contribution in [1.82, 2.24) is 15.2 Å². The maximum atomic E-state index is 11.5. The van der Waals surface area contributed by atoms with Gasteiger partial charge in [0, 0.05) is 25.4 Å². The molecule has 0 aliphatic rings. The Kier molecular flexibility index (Phi) is 6.25. The van der Waals surface area contributed by atoms with E-state index in [0.717, 1.165) is 31.5 Å². The molecule has 4 nitrogen and oxygen atoms in total.